The van der Waals surface area contributed by atoms with Crippen molar-refractivity contribution >= 4 is 22.6 Å². The lowest BCUT2D eigenvalue weighted by Crippen LogP contribution is -2.48. The van der Waals surface area contributed by atoms with E-state index >= 15 is 0 Å². The minimum Gasteiger partial charge on any atom is -0.384 e. The Morgan fingerprint density at radius 3 is 2.57 bits per heavy atom. The number of carbonyl (C=O) groups is 1. The Balaban J connectivity index is 1.04. The van der Waals surface area contributed by atoms with Crippen LogP contribution in [0.4, 0.5) is 5.69 Å². The summed E-state index contributed by atoms with van der Waals surface area (Å²) in [5.41, 5.74) is 9.62. The van der Waals surface area contributed by atoms with Crippen LogP contribution in [0.25, 0.3) is 33.3 Å². The highest BCUT2D eigenvalue weighted by Crippen LogP contribution is 2.35. The second-order valence-corrected chi connectivity index (χ2v) is 10.9. The van der Waals surface area contributed by atoms with E-state index in [9.17, 15) is 4.79 Å². The van der Waals surface area contributed by atoms with Crippen molar-refractivity contribution in [2.75, 3.05) is 38.0 Å². The summed E-state index contributed by atoms with van der Waals surface area (Å²) in [6, 6.07) is 17.8. The second-order valence-electron chi connectivity index (χ2n) is 10.9. The molecule has 0 bridgehead atoms. The highest BCUT2D eigenvalue weighted by molar-refractivity contribution is 5.96. The van der Waals surface area contributed by atoms with Gasteiger partial charge in [-0.15, -0.1) is 0 Å². The molecule has 1 amide bonds. The van der Waals surface area contributed by atoms with E-state index in [1.807, 2.05) is 6.20 Å². The number of hydrogen-bond acceptors (Lipinski definition) is 4. The van der Waals surface area contributed by atoms with Gasteiger partial charge in [0.25, 0.3) is 0 Å². The molecule has 0 radical (unpaired) electrons. The quantitative estimate of drug-likeness (QED) is 0.384. The van der Waals surface area contributed by atoms with Crippen molar-refractivity contribution < 1.29 is 4.79 Å². The zero-order chi connectivity index (χ0) is 24.8. The molecular formula is C31H33N5O. The first-order valence-electron chi connectivity index (χ1n) is 13.6. The molecule has 6 nitrogen and oxygen atoms in total. The number of pyridine rings is 1. The summed E-state index contributed by atoms with van der Waals surface area (Å²) < 4.78 is 0. The van der Waals surface area contributed by atoms with Crippen LogP contribution in [0.2, 0.25) is 0 Å². The second kappa shape index (κ2) is 9.34. The van der Waals surface area contributed by atoms with Gasteiger partial charge in [-0.2, -0.15) is 0 Å². The van der Waals surface area contributed by atoms with Gasteiger partial charge in [0, 0.05) is 80.3 Å². The predicted octanol–water partition coefficient (Wildman–Crippen LogP) is 5.31. The molecule has 4 heterocycles. The van der Waals surface area contributed by atoms with E-state index in [0.717, 1.165) is 68.7 Å². The fourth-order valence-electron chi connectivity index (χ4n) is 5.79. The molecule has 1 aliphatic carbocycles. The van der Waals surface area contributed by atoms with Gasteiger partial charge in [0.2, 0.25) is 5.91 Å². The highest BCUT2D eigenvalue weighted by atomic mass is 16.2. The van der Waals surface area contributed by atoms with Gasteiger partial charge < -0.3 is 15.2 Å². The lowest BCUT2D eigenvalue weighted by Gasteiger charge is -2.35. The van der Waals surface area contributed by atoms with Gasteiger partial charge in [-0.1, -0.05) is 30.3 Å². The van der Waals surface area contributed by atoms with E-state index in [2.05, 4.69) is 74.8 Å². The largest absolute Gasteiger partial charge is 0.384 e. The summed E-state index contributed by atoms with van der Waals surface area (Å²) in [4.78, 5) is 25.0. The number of nitrogens with zero attached hydrogens (tertiary/aromatic N) is 3. The highest BCUT2D eigenvalue weighted by Gasteiger charge is 2.28. The maximum absolute atomic E-state index is 12.4. The fraction of sp³-hybridized carbons (Fsp3) is 0.355. The Morgan fingerprint density at radius 2 is 1.76 bits per heavy atom. The molecule has 2 aromatic carbocycles. The topological polar surface area (TPSA) is 64.3 Å². The van der Waals surface area contributed by atoms with Crippen molar-refractivity contribution in [2.45, 2.75) is 32.2 Å². The first-order chi connectivity index (χ1) is 18.2. The Hall–Kier alpha value is -3.64. The van der Waals surface area contributed by atoms with Gasteiger partial charge in [-0.05, 0) is 65.6 Å². The van der Waals surface area contributed by atoms with Crippen LogP contribution >= 0.6 is 0 Å². The molecule has 37 heavy (non-hydrogen) atoms. The normalized spacial score (nSPS) is 17.7. The fourth-order valence-corrected chi connectivity index (χ4v) is 5.79. The number of nitrogens with one attached hydrogen (secondary N) is 2. The summed E-state index contributed by atoms with van der Waals surface area (Å²) in [6.07, 6.45) is 8.36. The number of anilines is 1. The summed E-state index contributed by atoms with van der Waals surface area (Å²) in [5, 5.41) is 4.60. The van der Waals surface area contributed by atoms with Crippen molar-refractivity contribution in [3.63, 3.8) is 0 Å². The Morgan fingerprint density at radius 1 is 0.946 bits per heavy atom. The Kier molecular flexibility index (Phi) is 5.69. The first kappa shape index (κ1) is 22.5. The van der Waals surface area contributed by atoms with Gasteiger partial charge in [0.15, 0.2) is 0 Å². The molecule has 1 saturated heterocycles. The number of amides is 1. The Labute approximate surface area is 217 Å². The molecular weight excluding hydrogens is 458 g/mol. The average Bonchev–Trinajstić information content (AvgIpc) is 3.45. The minimum absolute atomic E-state index is 0.357. The van der Waals surface area contributed by atoms with Gasteiger partial charge in [-0.3, -0.25) is 9.69 Å². The van der Waals surface area contributed by atoms with Crippen LogP contribution in [0.15, 0.2) is 60.9 Å². The molecule has 0 unspecified atom stereocenters. The number of rotatable bonds is 6. The number of benzene rings is 2. The molecule has 188 valence electrons. The van der Waals surface area contributed by atoms with E-state index in [1.54, 1.807) is 0 Å². The van der Waals surface area contributed by atoms with Crippen LogP contribution in [0.1, 0.15) is 30.4 Å². The first-order valence-corrected chi connectivity index (χ1v) is 13.6. The summed E-state index contributed by atoms with van der Waals surface area (Å²) >= 11 is 0. The maximum atomic E-state index is 12.4. The van der Waals surface area contributed by atoms with E-state index < -0.39 is 0 Å². The number of piperazine rings is 1. The van der Waals surface area contributed by atoms with E-state index in [0.29, 0.717) is 11.8 Å². The summed E-state index contributed by atoms with van der Waals surface area (Å²) in [7, 11) is 0. The third kappa shape index (κ3) is 4.62. The van der Waals surface area contributed by atoms with E-state index in [-0.39, 0.29) is 0 Å². The number of fused-ring (bicyclic) bond motifs is 2. The summed E-state index contributed by atoms with van der Waals surface area (Å²) in [6.45, 7) is 5.56. The lowest BCUT2D eigenvalue weighted by atomic mass is 9.99. The van der Waals surface area contributed by atoms with Gasteiger partial charge in [0.1, 0.15) is 5.65 Å². The van der Waals surface area contributed by atoms with Crippen LogP contribution in [0.5, 0.6) is 0 Å². The zero-order valence-corrected chi connectivity index (χ0v) is 21.2. The van der Waals surface area contributed by atoms with Crippen LogP contribution in [0, 0.1) is 5.92 Å². The standard InChI is InChI=1S/C31H33N5O/c37-30(15-21-1-2-21)36-13-11-35(12-14-36)20-22-3-5-23(6-4-22)26-17-27-28(19-34-31(27)33-18-26)24-7-8-29-25(16-24)9-10-32-29/h3-8,16-19,21,32H,1-2,9-15,20H2,(H,33,34). The van der Waals surface area contributed by atoms with Crippen molar-refractivity contribution in [3.05, 3.63) is 72.1 Å². The molecule has 7 rings (SSSR count). The molecule has 0 atom stereocenters. The molecule has 2 aliphatic heterocycles. The molecule has 1 saturated carbocycles. The number of aromatic amines is 1. The molecule has 4 aromatic rings. The summed E-state index contributed by atoms with van der Waals surface area (Å²) in [5.74, 6) is 1.02. The lowest BCUT2D eigenvalue weighted by molar-refractivity contribution is -0.133. The molecule has 2 fully saturated rings. The molecule has 0 spiro atoms. The van der Waals surface area contributed by atoms with Crippen LogP contribution in [0.3, 0.4) is 0 Å². The smallest absolute Gasteiger partial charge is 0.222 e. The third-order valence-corrected chi connectivity index (χ3v) is 8.24. The predicted molar refractivity (Wildman–Crippen MR) is 148 cm³/mol. The maximum Gasteiger partial charge on any atom is 0.222 e. The SMILES string of the molecule is O=C(CC1CC1)N1CCN(Cc2ccc(-c3cnc4[nH]cc(-c5ccc6c(c5)CCN6)c4c3)cc2)CC1. The van der Waals surface area contributed by atoms with Crippen LogP contribution in [-0.2, 0) is 17.8 Å². The van der Waals surface area contributed by atoms with E-state index in [1.165, 1.54) is 46.3 Å². The third-order valence-electron chi connectivity index (χ3n) is 8.24. The number of hydrogen-bond donors (Lipinski definition) is 2. The van der Waals surface area contributed by atoms with Crippen molar-refractivity contribution in [1.29, 1.82) is 0 Å². The van der Waals surface area contributed by atoms with Crippen molar-refractivity contribution in [3.8, 4) is 22.3 Å². The minimum atomic E-state index is 0.357. The number of aromatic nitrogens is 2. The monoisotopic (exact) mass is 491 g/mol. The van der Waals surface area contributed by atoms with E-state index in [4.69, 9.17) is 4.98 Å². The van der Waals surface area contributed by atoms with Gasteiger partial charge in [0.05, 0.1) is 0 Å². The zero-order valence-electron chi connectivity index (χ0n) is 21.2. The van der Waals surface area contributed by atoms with Crippen LogP contribution < -0.4 is 5.32 Å². The average molecular weight is 492 g/mol. The molecule has 3 aliphatic rings. The molecule has 6 heteroatoms. The van der Waals surface area contributed by atoms with Crippen molar-refractivity contribution in [1.82, 2.24) is 19.8 Å². The van der Waals surface area contributed by atoms with Gasteiger partial charge in [-0.25, -0.2) is 4.98 Å². The molecule has 2 aromatic heterocycles. The van der Waals surface area contributed by atoms with Crippen LogP contribution in [-0.4, -0.2) is 58.4 Å². The molecule has 2 N–H and O–H groups in total. The van der Waals surface area contributed by atoms with Gasteiger partial charge >= 0.3 is 0 Å². The number of H-pyrrole nitrogens is 1. The number of carbonyl (C=O) groups excluding carboxylic acids is 1. The Bertz CT molecular complexity index is 1440. The van der Waals surface area contributed by atoms with Crippen molar-refractivity contribution in [2.24, 2.45) is 5.92 Å².